The molecular weight excluding hydrogens is 407 g/mol. The van der Waals surface area contributed by atoms with Crippen molar-refractivity contribution in [2.24, 2.45) is 0 Å². The molecule has 1 N–H and O–H groups in total. The molecule has 1 heterocycles. The van der Waals surface area contributed by atoms with Gasteiger partial charge in [-0.1, -0.05) is 12.0 Å². The van der Waals surface area contributed by atoms with Crippen molar-refractivity contribution in [1.29, 1.82) is 0 Å². The Morgan fingerprint density at radius 2 is 1.90 bits per heavy atom. The Morgan fingerprint density at radius 1 is 1.15 bits per heavy atom. The number of hydrogen-bond acceptors (Lipinski definition) is 4. The third kappa shape index (κ3) is 4.13. The Labute approximate surface area is 134 Å². The maximum atomic E-state index is 12.1. The largest absolute Gasteiger partial charge is 0.263 e. The Kier molecular flexibility index (Phi) is 5.28. The van der Waals surface area contributed by atoms with E-state index < -0.39 is 10.0 Å². The molecule has 1 aromatic heterocycles. The zero-order valence-corrected chi connectivity index (χ0v) is 13.9. The van der Waals surface area contributed by atoms with Gasteiger partial charge in [0, 0.05) is 33.0 Å². The molecule has 7 heteroatoms. The second-order valence-corrected chi connectivity index (χ2v) is 7.01. The first-order chi connectivity index (χ1) is 9.62. The monoisotopic (exact) mass is 416 g/mol. The first kappa shape index (κ1) is 15.2. The fraction of sp³-hybridized carbons (Fsp3) is 0. The van der Waals surface area contributed by atoms with Crippen molar-refractivity contribution in [3.8, 4) is 11.2 Å². The molecular formula is C13H9IN2O2S2. The minimum atomic E-state index is -3.62. The number of rotatable bonds is 3. The van der Waals surface area contributed by atoms with E-state index in [1.165, 1.54) is 27.3 Å². The maximum Gasteiger partial charge on any atom is 0.263 e. The van der Waals surface area contributed by atoms with E-state index in [1.807, 2.05) is 0 Å². The van der Waals surface area contributed by atoms with Crippen LogP contribution in [-0.4, -0.2) is 13.4 Å². The van der Waals surface area contributed by atoms with Crippen LogP contribution in [0.25, 0.3) is 0 Å². The number of anilines is 1. The average molecular weight is 416 g/mol. The second kappa shape index (κ2) is 6.97. The fourth-order valence-electron chi connectivity index (χ4n) is 1.42. The first-order valence-corrected chi connectivity index (χ1v) is 10.3. The van der Waals surface area contributed by atoms with Gasteiger partial charge >= 0.3 is 0 Å². The Morgan fingerprint density at radius 3 is 2.50 bits per heavy atom. The highest BCUT2D eigenvalue weighted by Crippen LogP contribution is 2.15. The molecule has 0 saturated carbocycles. The van der Waals surface area contributed by atoms with Gasteiger partial charge in [0.15, 0.2) is 0 Å². The molecule has 0 radical (unpaired) electrons. The lowest BCUT2D eigenvalue weighted by molar-refractivity contribution is 0.601. The van der Waals surface area contributed by atoms with Gasteiger partial charge in [-0.25, -0.2) is 13.4 Å². The molecule has 0 unspecified atom stereocenters. The molecule has 4 nitrogen and oxygen atoms in total. The molecule has 0 spiro atoms. The first-order valence-electron chi connectivity index (χ1n) is 5.44. The predicted molar refractivity (Wildman–Crippen MR) is 90.0 cm³/mol. The standard InChI is InChI=1S/C13H9IN2O2S2/c14-19-10-8-11-4-6-12(7-5-11)20(17,18)16-13-3-1-2-9-15-13/h1-7,9H,(H,15,16). The Balaban J connectivity index is 2.22. The molecule has 0 bridgehead atoms. The van der Waals surface area contributed by atoms with Crippen molar-refractivity contribution in [1.82, 2.24) is 4.98 Å². The summed E-state index contributed by atoms with van der Waals surface area (Å²) in [5, 5.41) is 2.84. The van der Waals surface area contributed by atoms with Gasteiger partial charge in [0.1, 0.15) is 5.82 Å². The van der Waals surface area contributed by atoms with Crippen molar-refractivity contribution in [2.45, 2.75) is 4.90 Å². The SMILES string of the molecule is O=S(=O)(Nc1ccccn1)c1ccc(C#CSI)cc1. The summed E-state index contributed by atoms with van der Waals surface area (Å²) in [5.41, 5.74) is 0.769. The topological polar surface area (TPSA) is 59.1 Å². The summed E-state index contributed by atoms with van der Waals surface area (Å²) in [6.45, 7) is 0. The highest BCUT2D eigenvalue weighted by molar-refractivity contribution is 14.2. The number of sulfonamides is 1. The second-order valence-electron chi connectivity index (χ2n) is 3.65. The normalized spacial score (nSPS) is 10.4. The number of hydrogen-bond donors (Lipinski definition) is 1. The van der Waals surface area contributed by atoms with Crippen LogP contribution in [0.5, 0.6) is 0 Å². The van der Waals surface area contributed by atoms with Crippen molar-refractivity contribution in [2.75, 3.05) is 4.72 Å². The van der Waals surface area contributed by atoms with E-state index in [0.29, 0.717) is 0 Å². The van der Waals surface area contributed by atoms with E-state index in [-0.39, 0.29) is 10.7 Å². The number of pyridine rings is 1. The lowest BCUT2D eigenvalue weighted by Crippen LogP contribution is -2.13. The molecule has 1 aromatic carbocycles. The van der Waals surface area contributed by atoms with E-state index in [1.54, 1.807) is 30.3 Å². The van der Waals surface area contributed by atoms with Crippen LogP contribution in [0.15, 0.2) is 53.6 Å². The van der Waals surface area contributed by atoms with Crippen molar-refractivity contribution >= 4 is 46.0 Å². The number of nitrogens with one attached hydrogen (secondary N) is 1. The van der Waals surface area contributed by atoms with Gasteiger partial charge in [-0.2, -0.15) is 0 Å². The zero-order valence-electron chi connectivity index (χ0n) is 10.1. The van der Waals surface area contributed by atoms with E-state index in [0.717, 1.165) is 5.56 Å². The lowest BCUT2D eigenvalue weighted by Gasteiger charge is -2.06. The minimum Gasteiger partial charge on any atom is -0.263 e. The maximum absolute atomic E-state index is 12.1. The Hall–Kier alpha value is -1.24. The number of aromatic nitrogens is 1. The van der Waals surface area contributed by atoms with Gasteiger partial charge in [0.2, 0.25) is 0 Å². The minimum absolute atomic E-state index is 0.177. The van der Waals surface area contributed by atoms with Crippen LogP contribution in [0.4, 0.5) is 5.82 Å². The molecule has 0 amide bonds. The zero-order chi connectivity index (χ0) is 14.4. The van der Waals surface area contributed by atoms with Crippen LogP contribution in [0.3, 0.4) is 0 Å². The molecule has 0 aliphatic heterocycles. The van der Waals surface area contributed by atoms with E-state index in [9.17, 15) is 8.42 Å². The van der Waals surface area contributed by atoms with Gasteiger partial charge in [-0.05, 0) is 50.6 Å². The van der Waals surface area contributed by atoms with Crippen LogP contribution >= 0.6 is 30.1 Å². The van der Waals surface area contributed by atoms with Gasteiger partial charge in [-0.3, -0.25) is 4.72 Å². The van der Waals surface area contributed by atoms with Crippen molar-refractivity contribution in [3.63, 3.8) is 0 Å². The summed E-state index contributed by atoms with van der Waals surface area (Å²) in [6.07, 6.45) is 1.53. The van der Waals surface area contributed by atoms with Gasteiger partial charge < -0.3 is 0 Å². The molecule has 2 rings (SSSR count). The van der Waals surface area contributed by atoms with Crippen molar-refractivity contribution in [3.05, 3.63) is 54.2 Å². The predicted octanol–water partition coefficient (Wildman–Crippen LogP) is 3.27. The molecule has 0 saturated heterocycles. The average Bonchev–Trinajstić information content (AvgIpc) is 2.46. The van der Waals surface area contributed by atoms with Crippen LogP contribution in [0.1, 0.15) is 5.56 Å². The summed E-state index contributed by atoms with van der Waals surface area (Å²) in [4.78, 5) is 4.11. The van der Waals surface area contributed by atoms with E-state index >= 15 is 0 Å². The summed E-state index contributed by atoms with van der Waals surface area (Å²) in [7, 11) is -2.24. The lowest BCUT2D eigenvalue weighted by atomic mass is 10.2. The number of benzene rings is 1. The van der Waals surface area contributed by atoms with E-state index in [4.69, 9.17) is 0 Å². The molecule has 0 fully saturated rings. The highest BCUT2D eigenvalue weighted by atomic mass is 127. The summed E-state index contributed by atoms with van der Waals surface area (Å²) >= 11 is 2.08. The van der Waals surface area contributed by atoms with Crippen LogP contribution < -0.4 is 4.72 Å². The summed E-state index contributed by atoms with van der Waals surface area (Å²) in [6, 6.07) is 11.4. The Bertz CT molecular complexity index is 735. The fourth-order valence-corrected chi connectivity index (χ4v) is 2.91. The molecule has 2 aromatic rings. The quantitative estimate of drug-likeness (QED) is 0.617. The summed E-state index contributed by atoms with van der Waals surface area (Å²) in [5.74, 6) is 3.19. The smallest absolute Gasteiger partial charge is 0.263 e. The number of nitrogens with zero attached hydrogens (tertiary/aromatic N) is 1. The third-order valence-electron chi connectivity index (χ3n) is 2.30. The van der Waals surface area contributed by atoms with Crippen molar-refractivity contribution < 1.29 is 8.42 Å². The molecule has 20 heavy (non-hydrogen) atoms. The summed E-state index contributed by atoms with van der Waals surface area (Å²) < 4.78 is 26.7. The number of halogens is 1. The van der Waals surface area contributed by atoms with Crippen LogP contribution in [-0.2, 0) is 10.0 Å². The highest BCUT2D eigenvalue weighted by Gasteiger charge is 2.14. The third-order valence-corrected chi connectivity index (χ3v) is 4.51. The van der Waals surface area contributed by atoms with Crippen LogP contribution in [0, 0.1) is 11.2 Å². The van der Waals surface area contributed by atoms with Gasteiger partial charge in [0.05, 0.1) is 4.90 Å². The van der Waals surface area contributed by atoms with Crippen LogP contribution in [0.2, 0.25) is 0 Å². The molecule has 102 valence electrons. The molecule has 0 aliphatic rings. The molecule has 0 aliphatic carbocycles. The van der Waals surface area contributed by atoms with E-state index in [2.05, 4.69) is 42.1 Å². The van der Waals surface area contributed by atoms with Gasteiger partial charge in [0.25, 0.3) is 10.0 Å². The molecule has 0 atom stereocenters. The van der Waals surface area contributed by atoms with Gasteiger partial charge in [-0.15, -0.1) is 0 Å².